The van der Waals surface area contributed by atoms with Crippen LogP contribution in [0.3, 0.4) is 0 Å². The molecule has 0 unspecified atom stereocenters. The topological polar surface area (TPSA) is 34.1 Å². The highest BCUT2D eigenvalue weighted by molar-refractivity contribution is 9.10. The molecule has 0 N–H and O–H groups in total. The van der Waals surface area contributed by atoms with E-state index >= 15 is 0 Å². The summed E-state index contributed by atoms with van der Waals surface area (Å²) in [5.41, 5.74) is 1.72. The molecule has 0 fully saturated rings. The van der Waals surface area contributed by atoms with Gasteiger partial charge in [0.15, 0.2) is 9.84 Å². The minimum Gasteiger partial charge on any atom is -0.224 e. The zero-order valence-corrected chi connectivity index (χ0v) is 11.5. The van der Waals surface area contributed by atoms with Crippen molar-refractivity contribution in [3.8, 4) is 11.1 Å². The Bertz CT molecular complexity index is 631. The molecule has 0 aromatic heterocycles. The first-order valence-electron chi connectivity index (χ1n) is 4.95. The van der Waals surface area contributed by atoms with Gasteiger partial charge in [0.1, 0.15) is 0 Å². The van der Waals surface area contributed by atoms with Crippen molar-refractivity contribution in [2.75, 3.05) is 6.26 Å². The van der Waals surface area contributed by atoms with Crippen molar-refractivity contribution in [1.29, 1.82) is 0 Å². The van der Waals surface area contributed by atoms with E-state index in [0.29, 0.717) is 0 Å². The molecule has 0 aliphatic rings. The molecular weight excluding hydrogens is 300 g/mol. The number of rotatable bonds is 2. The molecule has 17 heavy (non-hydrogen) atoms. The molecular formula is C13H10BrO2S. The lowest BCUT2D eigenvalue weighted by atomic mass is 10.1. The summed E-state index contributed by atoms with van der Waals surface area (Å²) in [5, 5.41) is 0. The normalized spacial score (nSPS) is 11.4. The third kappa shape index (κ3) is 2.96. The Kier molecular flexibility index (Phi) is 3.35. The summed E-state index contributed by atoms with van der Waals surface area (Å²) in [5.74, 6) is 0. The first-order valence-corrected chi connectivity index (χ1v) is 7.63. The summed E-state index contributed by atoms with van der Waals surface area (Å²) in [7, 11) is -3.21. The highest BCUT2D eigenvalue weighted by Gasteiger charge is 2.08. The first kappa shape index (κ1) is 12.3. The van der Waals surface area contributed by atoms with E-state index in [2.05, 4.69) is 22.0 Å². The molecule has 0 heterocycles. The van der Waals surface area contributed by atoms with E-state index in [1.165, 1.54) is 6.26 Å². The molecule has 0 saturated heterocycles. The van der Waals surface area contributed by atoms with Crippen molar-refractivity contribution in [3.63, 3.8) is 0 Å². The van der Waals surface area contributed by atoms with Crippen LogP contribution in [-0.4, -0.2) is 14.7 Å². The number of sulfone groups is 1. The number of hydrogen-bond donors (Lipinski definition) is 0. The highest BCUT2D eigenvalue weighted by Crippen LogP contribution is 2.23. The smallest absolute Gasteiger partial charge is 0.176 e. The molecule has 0 amide bonds. The van der Waals surface area contributed by atoms with Crippen LogP contribution in [0.25, 0.3) is 11.1 Å². The summed E-state index contributed by atoms with van der Waals surface area (Å²) in [6.45, 7) is 0. The van der Waals surface area contributed by atoms with Gasteiger partial charge < -0.3 is 0 Å². The lowest BCUT2D eigenvalue weighted by Crippen LogP contribution is -1.97. The van der Waals surface area contributed by atoms with Gasteiger partial charge in [-0.2, -0.15) is 0 Å². The van der Waals surface area contributed by atoms with Crippen molar-refractivity contribution >= 4 is 25.8 Å². The van der Waals surface area contributed by atoms with Crippen LogP contribution < -0.4 is 0 Å². The number of halogens is 1. The fourth-order valence-corrected chi connectivity index (χ4v) is 2.35. The van der Waals surface area contributed by atoms with Crippen molar-refractivity contribution in [2.24, 2.45) is 0 Å². The quantitative estimate of drug-likeness (QED) is 0.853. The van der Waals surface area contributed by atoms with Crippen molar-refractivity contribution in [3.05, 3.63) is 53.0 Å². The molecule has 2 aromatic carbocycles. The maximum absolute atomic E-state index is 11.4. The van der Waals surface area contributed by atoms with E-state index in [1.54, 1.807) is 12.1 Å². The minimum absolute atomic E-state index is 0.220. The van der Waals surface area contributed by atoms with Crippen molar-refractivity contribution in [1.82, 2.24) is 0 Å². The second-order valence-electron chi connectivity index (χ2n) is 3.71. The Balaban J connectivity index is 2.50. The van der Waals surface area contributed by atoms with Crippen molar-refractivity contribution < 1.29 is 8.42 Å². The van der Waals surface area contributed by atoms with Crippen LogP contribution in [0, 0.1) is 6.07 Å². The standard InChI is InChI=1S/C13H10BrO2S/c1-17(15,16)13-4-2-3-11(9-13)10-5-7-12(14)8-6-10/h2-8H,1H3. The zero-order chi connectivity index (χ0) is 12.5. The summed E-state index contributed by atoms with van der Waals surface area (Å²) in [6, 6.07) is 15.7. The lowest BCUT2D eigenvalue weighted by molar-refractivity contribution is 0.602. The fourth-order valence-electron chi connectivity index (χ4n) is 1.46. The van der Waals surface area contributed by atoms with Gasteiger partial charge in [0.05, 0.1) is 4.90 Å². The minimum atomic E-state index is -3.21. The summed E-state index contributed by atoms with van der Waals surface area (Å²) in [6.07, 6.45) is 1.18. The number of benzene rings is 2. The molecule has 1 radical (unpaired) electrons. The maximum Gasteiger partial charge on any atom is 0.176 e. The molecule has 0 aliphatic carbocycles. The van der Waals surface area contributed by atoms with Crippen molar-refractivity contribution in [2.45, 2.75) is 4.90 Å². The van der Waals surface area contributed by atoms with E-state index in [9.17, 15) is 8.42 Å². The van der Waals surface area contributed by atoms with Crippen LogP contribution in [-0.2, 0) is 9.84 Å². The van der Waals surface area contributed by atoms with E-state index in [-0.39, 0.29) is 4.90 Å². The second kappa shape index (κ2) is 4.63. The summed E-state index contributed by atoms with van der Waals surface area (Å²) >= 11 is 3.36. The Morgan fingerprint density at radius 2 is 1.71 bits per heavy atom. The van der Waals surface area contributed by atoms with Crippen LogP contribution in [0.15, 0.2) is 51.8 Å². The Hall–Kier alpha value is -1.13. The van der Waals surface area contributed by atoms with E-state index < -0.39 is 9.84 Å². The van der Waals surface area contributed by atoms with Gasteiger partial charge in [-0.3, -0.25) is 0 Å². The SMILES string of the molecule is CS(=O)(=O)c1[c]c(-c2ccc(Br)cc2)ccc1. The van der Waals surface area contributed by atoms with Gasteiger partial charge in [0.25, 0.3) is 0 Å². The van der Waals surface area contributed by atoms with Gasteiger partial charge >= 0.3 is 0 Å². The zero-order valence-electron chi connectivity index (χ0n) is 9.14. The van der Waals surface area contributed by atoms with Gasteiger partial charge in [-0.15, -0.1) is 0 Å². The molecule has 0 saturated carbocycles. The molecule has 0 aliphatic heterocycles. The third-order valence-corrected chi connectivity index (χ3v) is 3.89. The maximum atomic E-state index is 11.4. The fraction of sp³-hybridized carbons (Fsp3) is 0.0769. The second-order valence-corrected chi connectivity index (χ2v) is 6.61. The highest BCUT2D eigenvalue weighted by atomic mass is 79.9. The van der Waals surface area contributed by atoms with Crippen LogP contribution >= 0.6 is 15.9 Å². The van der Waals surface area contributed by atoms with Crippen LogP contribution in [0.1, 0.15) is 0 Å². The lowest BCUT2D eigenvalue weighted by Gasteiger charge is -2.03. The number of hydrogen-bond acceptors (Lipinski definition) is 2. The molecule has 2 rings (SSSR count). The third-order valence-electron chi connectivity index (χ3n) is 2.32. The molecule has 0 bridgehead atoms. The van der Waals surface area contributed by atoms with Gasteiger partial charge in [-0.1, -0.05) is 40.2 Å². The molecule has 2 nitrogen and oxygen atoms in total. The molecule has 0 atom stereocenters. The predicted molar refractivity (Wildman–Crippen MR) is 71.5 cm³/mol. The molecule has 2 aromatic rings. The first-order chi connectivity index (χ1) is 7.97. The monoisotopic (exact) mass is 309 g/mol. The molecule has 0 spiro atoms. The van der Waals surface area contributed by atoms with E-state index in [4.69, 9.17) is 0 Å². The summed E-state index contributed by atoms with van der Waals surface area (Å²) in [4.78, 5) is 0.220. The van der Waals surface area contributed by atoms with Gasteiger partial charge in [0.2, 0.25) is 0 Å². The van der Waals surface area contributed by atoms with Crippen LogP contribution in [0.5, 0.6) is 0 Å². The van der Waals surface area contributed by atoms with E-state index in [1.807, 2.05) is 30.3 Å². The molecule has 4 heteroatoms. The average Bonchev–Trinajstić information content (AvgIpc) is 2.29. The largest absolute Gasteiger partial charge is 0.224 e. The van der Waals surface area contributed by atoms with Crippen LogP contribution in [0.2, 0.25) is 0 Å². The Morgan fingerprint density at radius 3 is 2.29 bits per heavy atom. The van der Waals surface area contributed by atoms with E-state index in [0.717, 1.165) is 15.6 Å². The Morgan fingerprint density at radius 1 is 1.06 bits per heavy atom. The summed E-state index contributed by atoms with van der Waals surface area (Å²) < 4.78 is 23.9. The van der Waals surface area contributed by atoms with Gasteiger partial charge in [-0.25, -0.2) is 8.42 Å². The predicted octanol–water partition coefficient (Wildman–Crippen LogP) is 3.32. The van der Waals surface area contributed by atoms with Crippen LogP contribution in [0.4, 0.5) is 0 Å². The van der Waals surface area contributed by atoms with Gasteiger partial charge in [-0.05, 0) is 29.3 Å². The van der Waals surface area contributed by atoms with Gasteiger partial charge in [0, 0.05) is 16.8 Å². The molecule has 87 valence electrons. The Labute approximate surface area is 109 Å². The average molecular weight is 310 g/mol.